The van der Waals surface area contributed by atoms with Crippen LogP contribution in [0.3, 0.4) is 0 Å². The van der Waals surface area contributed by atoms with Gasteiger partial charge in [0, 0.05) is 13.1 Å². The Balaban J connectivity index is 4.27. The average molecular weight is 252 g/mol. The number of rotatable bonds is 5. The third-order valence-electron chi connectivity index (χ3n) is 1.70. The fraction of sp³-hybridized carbons (Fsp3) is 0.800. The second-order valence-corrected chi connectivity index (χ2v) is 3.92. The van der Waals surface area contributed by atoms with Crippen molar-refractivity contribution < 1.29 is 22.7 Å². The highest BCUT2D eigenvalue weighted by molar-refractivity contribution is 5.67. The minimum atomic E-state index is -4.53. The molecule has 0 spiro atoms. The summed E-state index contributed by atoms with van der Waals surface area (Å²) in [5.74, 6) is 0.0899. The Morgan fingerprint density at radius 3 is 2.47 bits per heavy atom. The van der Waals surface area contributed by atoms with Crippen LogP contribution in [0.4, 0.5) is 18.0 Å². The summed E-state index contributed by atoms with van der Waals surface area (Å²) in [4.78, 5) is 12.4. The fourth-order valence-corrected chi connectivity index (χ4v) is 1.12. The fourth-order valence-electron chi connectivity index (χ4n) is 1.12. The number of hydrogen-bond donors (Lipinski definition) is 0. The first-order chi connectivity index (χ1) is 7.76. The van der Waals surface area contributed by atoms with E-state index in [9.17, 15) is 18.0 Å². The minimum absolute atomic E-state index is 0.0633. The number of hydrogen-bond acceptors (Lipinski definition) is 3. The molecule has 4 nitrogen and oxygen atoms in total. The molecular formula is C10H15F3N2O2. The van der Waals surface area contributed by atoms with Crippen molar-refractivity contribution in [2.75, 3.05) is 19.7 Å². The molecule has 0 aromatic rings. The molecule has 0 aliphatic heterocycles. The third kappa shape index (κ3) is 8.37. The predicted molar refractivity (Wildman–Crippen MR) is 54.0 cm³/mol. The van der Waals surface area contributed by atoms with Crippen LogP contribution in [0, 0.1) is 17.2 Å². The molecule has 0 aliphatic carbocycles. The highest BCUT2D eigenvalue weighted by Gasteiger charge is 2.30. The van der Waals surface area contributed by atoms with Crippen LogP contribution in [0.1, 0.15) is 20.3 Å². The number of ether oxygens (including phenoxy) is 1. The summed E-state index contributed by atoms with van der Waals surface area (Å²) in [5.41, 5.74) is 0. The third-order valence-corrected chi connectivity index (χ3v) is 1.70. The molecule has 0 heterocycles. The summed E-state index contributed by atoms with van der Waals surface area (Å²) in [5, 5.41) is 8.38. The van der Waals surface area contributed by atoms with Gasteiger partial charge in [-0.2, -0.15) is 18.4 Å². The Bertz CT molecular complexity index is 284. The van der Waals surface area contributed by atoms with Gasteiger partial charge in [0.2, 0.25) is 0 Å². The van der Waals surface area contributed by atoms with Crippen LogP contribution in [0.2, 0.25) is 0 Å². The van der Waals surface area contributed by atoms with Crippen molar-refractivity contribution in [3.63, 3.8) is 0 Å². The van der Waals surface area contributed by atoms with Crippen LogP contribution in [-0.2, 0) is 4.74 Å². The van der Waals surface area contributed by atoms with Gasteiger partial charge in [-0.3, -0.25) is 0 Å². The smallest absolute Gasteiger partial charge is 0.422 e. The van der Waals surface area contributed by atoms with Gasteiger partial charge in [0.15, 0.2) is 6.61 Å². The molecule has 0 unspecified atom stereocenters. The van der Waals surface area contributed by atoms with Crippen molar-refractivity contribution in [2.45, 2.75) is 26.4 Å². The molecule has 1 amide bonds. The Hall–Kier alpha value is -1.45. The maximum absolute atomic E-state index is 11.8. The molecule has 0 aromatic carbocycles. The van der Waals surface area contributed by atoms with Gasteiger partial charge in [0.05, 0.1) is 12.5 Å². The maximum Gasteiger partial charge on any atom is 0.422 e. The van der Waals surface area contributed by atoms with Gasteiger partial charge in [0.1, 0.15) is 0 Å². The number of alkyl halides is 3. The molecule has 0 saturated carbocycles. The zero-order chi connectivity index (χ0) is 13.5. The number of nitriles is 1. The molecule has 0 N–H and O–H groups in total. The van der Waals surface area contributed by atoms with E-state index in [0.29, 0.717) is 0 Å². The lowest BCUT2D eigenvalue weighted by Crippen LogP contribution is -2.37. The van der Waals surface area contributed by atoms with E-state index in [1.807, 2.05) is 19.9 Å². The average Bonchev–Trinajstić information content (AvgIpc) is 2.19. The number of amides is 1. The lowest BCUT2D eigenvalue weighted by molar-refractivity contribution is -0.162. The van der Waals surface area contributed by atoms with Gasteiger partial charge >= 0.3 is 12.3 Å². The topological polar surface area (TPSA) is 53.3 Å². The largest absolute Gasteiger partial charge is 0.440 e. The van der Waals surface area contributed by atoms with E-state index in [1.54, 1.807) is 0 Å². The van der Waals surface area contributed by atoms with Crippen LogP contribution >= 0.6 is 0 Å². The van der Waals surface area contributed by atoms with Crippen molar-refractivity contribution >= 4 is 6.09 Å². The first-order valence-corrected chi connectivity index (χ1v) is 5.11. The number of nitrogens with zero attached hydrogens (tertiary/aromatic N) is 2. The second kappa shape index (κ2) is 6.99. The highest BCUT2D eigenvalue weighted by Crippen LogP contribution is 2.15. The van der Waals surface area contributed by atoms with Gasteiger partial charge in [-0.1, -0.05) is 13.8 Å². The standard InChI is InChI=1S/C10H15F3N2O2/c1-8(2)6-15(5-3-4-14)9(16)17-7-10(11,12)13/h8H,3,5-7H2,1-2H3. The molecule has 0 radical (unpaired) electrons. The second-order valence-electron chi connectivity index (χ2n) is 3.92. The van der Waals surface area contributed by atoms with Crippen molar-refractivity contribution in [2.24, 2.45) is 5.92 Å². The van der Waals surface area contributed by atoms with E-state index in [-0.39, 0.29) is 25.4 Å². The van der Waals surface area contributed by atoms with E-state index < -0.39 is 18.9 Å². The van der Waals surface area contributed by atoms with Gasteiger partial charge in [0.25, 0.3) is 0 Å². The number of halogens is 3. The molecule has 0 atom stereocenters. The Kier molecular flexibility index (Phi) is 6.39. The minimum Gasteiger partial charge on any atom is -0.440 e. The Morgan fingerprint density at radius 1 is 1.47 bits per heavy atom. The predicted octanol–water partition coefficient (Wildman–Crippen LogP) is 2.56. The summed E-state index contributed by atoms with van der Waals surface area (Å²) in [7, 11) is 0. The Labute approximate surface area is 97.9 Å². The normalized spacial score (nSPS) is 11.1. The lowest BCUT2D eigenvalue weighted by atomic mass is 10.2. The number of carbonyl (C=O) groups is 1. The zero-order valence-corrected chi connectivity index (χ0v) is 9.75. The number of carbonyl (C=O) groups excluding carboxylic acids is 1. The van der Waals surface area contributed by atoms with Gasteiger partial charge in [-0.25, -0.2) is 4.79 Å². The van der Waals surface area contributed by atoms with E-state index in [4.69, 9.17) is 5.26 Å². The highest BCUT2D eigenvalue weighted by atomic mass is 19.4. The molecule has 0 saturated heterocycles. The monoisotopic (exact) mass is 252 g/mol. The van der Waals surface area contributed by atoms with Crippen molar-refractivity contribution in [3.05, 3.63) is 0 Å². The maximum atomic E-state index is 11.8. The van der Waals surface area contributed by atoms with Crippen molar-refractivity contribution in [1.29, 1.82) is 5.26 Å². The van der Waals surface area contributed by atoms with Crippen molar-refractivity contribution in [3.8, 4) is 6.07 Å². The van der Waals surface area contributed by atoms with Crippen molar-refractivity contribution in [1.82, 2.24) is 4.90 Å². The molecule has 7 heteroatoms. The first kappa shape index (κ1) is 15.6. The first-order valence-electron chi connectivity index (χ1n) is 5.11. The van der Waals surface area contributed by atoms with E-state index in [2.05, 4.69) is 4.74 Å². The van der Waals surface area contributed by atoms with Crippen LogP contribution in [0.5, 0.6) is 0 Å². The summed E-state index contributed by atoms with van der Waals surface area (Å²) in [6, 6.07) is 1.83. The van der Waals surface area contributed by atoms with Gasteiger partial charge in [-0.05, 0) is 5.92 Å². The van der Waals surface area contributed by atoms with E-state index in [0.717, 1.165) is 4.90 Å². The van der Waals surface area contributed by atoms with Gasteiger partial charge in [-0.15, -0.1) is 0 Å². The molecule has 98 valence electrons. The summed E-state index contributed by atoms with van der Waals surface area (Å²) < 4.78 is 39.7. The molecular weight excluding hydrogens is 237 g/mol. The summed E-state index contributed by atoms with van der Waals surface area (Å²) >= 11 is 0. The van der Waals surface area contributed by atoms with Crippen LogP contribution in [0.25, 0.3) is 0 Å². The molecule has 0 fully saturated rings. The molecule has 0 rings (SSSR count). The molecule has 17 heavy (non-hydrogen) atoms. The van der Waals surface area contributed by atoms with Crippen LogP contribution < -0.4 is 0 Å². The zero-order valence-electron chi connectivity index (χ0n) is 9.75. The van der Waals surface area contributed by atoms with E-state index in [1.165, 1.54) is 0 Å². The Morgan fingerprint density at radius 2 is 2.06 bits per heavy atom. The molecule has 0 aliphatic rings. The van der Waals surface area contributed by atoms with Crippen LogP contribution in [0.15, 0.2) is 0 Å². The summed E-state index contributed by atoms with van der Waals surface area (Å²) in [6.45, 7) is 2.36. The quantitative estimate of drug-likeness (QED) is 0.755. The lowest BCUT2D eigenvalue weighted by Gasteiger charge is -2.23. The molecule has 0 aromatic heterocycles. The van der Waals surface area contributed by atoms with E-state index >= 15 is 0 Å². The molecule has 0 bridgehead atoms. The summed E-state index contributed by atoms with van der Waals surface area (Å²) in [6.07, 6.45) is -5.51. The van der Waals surface area contributed by atoms with Gasteiger partial charge < -0.3 is 9.64 Å². The SMILES string of the molecule is CC(C)CN(CCC#N)C(=O)OCC(F)(F)F. The van der Waals surface area contributed by atoms with Crippen LogP contribution in [-0.4, -0.2) is 36.9 Å².